The zero-order valence-corrected chi connectivity index (χ0v) is 11.6. The third kappa shape index (κ3) is 2.91. The molecular weight excluding hydrogens is 254 g/mol. The first-order valence-corrected chi connectivity index (χ1v) is 6.84. The van der Waals surface area contributed by atoms with E-state index in [2.05, 4.69) is 38.7 Å². The van der Waals surface area contributed by atoms with E-state index in [4.69, 9.17) is 4.74 Å². The maximum Gasteiger partial charge on any atom is 0.102 e. The molecule has 0 bridgehead atoms. The van der Waals surface area contributed by atoms with E-state index >= 15 is 0 Å². The molecule has 2 aromatic rings. The van der Waals surface area contributed by atoms with Gasteiger partial charge in [0.05, 0.1) is 31.1 Å². The Bertz CT molecular complexity index is 562. The predicted molar refractivity (Wildman–Crippen MR) is 77.8 cm³/mol. The monoisotopic (exact) mass is 273 g/mol. The van der Waals surface area contributed by atoms with Crippen molar-refractivity contribution >= 4 is 11.4 Å². The Morgan fingerprint density at radius 1 is 1.25 bits per heavy atom. The Morgan fingerprint density at radius 3 is 2.80 bits per heavy atom. The topological polar surface area (TPSA) is 55.2 Å². The van der Waals surface area contributed by atoms with Crippen LogP contribution >= 0.6 is 0 Å². The van der Waals surface area contributed by atoms with Gasteiger partial charge >= 0.3 is 0 Å². The molecule has 106 valence electrons. The van der Waals surface area contributed by atoms with Crippen LogP contribution in [0.2, 0.25) is 0 Å². The van der Waals surface area contributed by atoms with Gasteiger partial charge in [0.2, 0.25) is 0 Å². The van der Waals surface area contributed by atoms with Crippen molar-refractivity contribution in [3.63, 3.8) is 0 Å². The van der Waals surface area contributed by atoms with Crippen LogP contribution in [0, 0.1) is 0 Å². The van der Waals surface area contributed by atoms with Gasteiger partial charge in [-0.05, 0) is 12.1 Å². The number of anilines is 2. The Labute approximate surface area is 118 Å². The van der Waals surface area contributed by atoms with Gasteiger partial charge in [-0.15, -0.1) is 5.10 Å². The Hall–Kier alpha value is -2.08. The molecule has 1 aliphatic heterocycles. The molecule has 1 aromatic heterocycles. The summed E-state index contributed by atoms with van der Waals surface area (Å²) in [6.45, 7) is 4.12. The highest BCUT2D eigenvalue weighted by Crippen LogP contribution is 2.26. The van der Waals surface area contributed by atoms with E-state index in [-0.39, 0.29) is 0 Å². The maximum absolute atomic E-state index is 5.41. The molecule has 1 N–H and O–H groups in total. The molecule has 0 saturated carbocycles. The molecule has 0 aliphatic carbocycles. The second-order valence-corrected chi connectivity index (χ2v) is 4.85. The molecule has 1 fully saturated rings. The number of morpholine rings is 1. The van der Waals surface area contributed by atoms with E-state index in [1.165, 1.54) is 5.69 Å². The summed E-state index contributed by atoms with van der Waals surface area (Å²) >= 11 is 0. The molecule has 0 unspecified atom stereocenters. The molecule has 6 nitrogen and oxygen atoms in total. The van der Waals surface area contributed by atoms with Crippen LogP contribution in [0.3, 0.4) is 0 Å². The van der Waals surface area contributed by atoms with Gasteiger partial charge < -0.3 is 15.0 Å². The number of para-hydroxylation sites is 2. The normalized spacial score (nSPS) is 15.3. The van der Waals surface area contributed by atoms with Crippen LogP contribution in [-0.2, 0) is 18.3 Å². The minimum Gasteiger partial charge on any atom is -0.378 e. The summed E-state index contributed by atoms with van der Waals surface area (Å²) in [4.78, 5) is 2.35. The summed E-state index contributed by atoms with van der Waals surface area (Å²) in [7, 11) is 1.87. The van der Waals surface area contributed by atoms with Crippen LogP contribution in [-0.4, -0.2) is 41.3 Å². The molecule has 0 radical (unpaired) electrons. The molecule has 6 heteroatoms. The SMILES string of the molecule is Cn1cc(CNc2ccccc2N2CCOCC2)nn1. The van der Waals surface area contributed by atoms with Gasteiger partial charge in [-0.2, -0.15) is 0 Å². The number of hydrogen-bond acceptors (Lipinski definition) is 5. The highest BCUT2D eigenvalue weighted by atomic mass is 16.5. The standard InChI is InChI=1S/C14H19N5O/c1-18-11-12(16-17-18)10-15-13-4-2-3-5-14(13)19-6-8-20-9-7-19/h2-5,11,15H,6-10H2,1H3. The van der Waals surface area contributed by atoms with Crippen molar-refractivity contribution in [2.24, 2.45) is 7.05 Å². The third-order valence-electron chi connectivity index (χ3n) is 3.37. The van der Waals surface area contributed by atoms with Crippen molar-refractivity contribution in [1.29, 1.82) is 0 Å². The molecule has 1 aliphatic rings. The fourth-order valence-electron chi connectivity index (χ4n) is 2.37. The van der Waals surface area contributed by atoms with Crippen molar-refractivity contribution in [2.45, 2.75) is 6.54 Å². The molecule has 0 amide bonds. The number of benzene rings is 1. The first-order chi connectivity index (χ1) is 9.83. The summed E-state index contributed by atoms with van der Waals surface area (Å²) in [5.41, 5.74) is 3.28. The number of nitrogens with one attached hydrogen (secondary N) is 1. The van der Waals surface area contributed by atoms with Gasteiger partial charge in [0, 0.05) is 26.3 Å². The largest absolute Gasteiger partial charge is 0.378 e. The number of aryl methyl sites for hydroxylation is 1. The number of ether oxygens (including phenoxy) is 1. The first-order valence-electron chi connectivity index (χ1n) is 6.84. The highest BCUT2D eigenvalue weighted by molar-refractivity contribution is 5.70. The third-order valence-corrected chi connectivity index (χ3v) is 3.37. The number of nitrogens with zero attached hydrogens (tertiary/aromatic N) is 4. The summed E-state index contributed by atoms with van der Waals surface area (Å²) < 4.78 is 7.12. The van der Waals surface area contributed by atoms with Crippen LogP contribution in [0.25, 0.3) is 0 Å². The van der Waals surface area contributed by atoms with E-state index in [0.717, 1.165) is 37.7 Å². The van der Waals surface area contributed by atoms with Crippen molar-refractivity contribution < 1.29 is 4.74 Å². The quantitative estimate of drug-likeness (QED) is 0.909. The van der Waals surface area contributed by atoms with Crippen LogP contribution in [0.5, 0.6) is 0 Å². The molecule has 20 heavy (non-hydrogen) atoms. The second kappa shape index (κ2) is 5.92. The maximum atomic E-state index is 5.41. The van der Waals surface area contributed by atoms with Gasteiger partial charge in [0.25, 0.3) is 0 Å². The van der Waals surface area contributed by atoms with E-state index in [1.54, 1.807) is 4.68 Å². The van der Waals surface area contributed by atoms with Gasteiger partial charge in [-0.1, -0.05) is 17.3 Å². The summed E-state index contributed by atoms with van der Waals surface area (Å²) in [5, 5.41) is 11.5. The van der Waals surface area contributed by atoms with Crippen molar-refractivity contribution in [1.82, 2.24) is 15.0 Å². The molecule has 2 heterocycles. The average Bonchev–Trinajstić information content (AvgIpc) is 2.92. The Morgan fingerprint density at radius 2 is 2.05 bits per heavy atom. The molecular formula is C14H19N5O. The molecule has 0 spiro atoms. The van der Waals surface area contributed by atoms with Crippen molar-refractivity contribution in [2.75, 3.05) is 36.5 Å². The van der Waals surface area contributed by atoms with Crippen LogP contribution in [0.1, 0.15) is 5.69 Å². The van der Waals surface area contributed by atoms with E-state index < -0.39 is 0 Å². The minimum atomic E-state index is 0.676. The van der Waals surface area contributed by atoms with Crippen molar-refractivity contribution in [3.8, 4) is 0 Å². The van der Waals surface area contributed by atoms with Crippen LogP contribution in [0.4, 0.5) is 11.4 Å². The van der Waals surface area contributed by atoms with Gasteiger partial charge in [-0.3, -0.25) is 4.68 Å². The minimum absolute atomic E-state index is 0.676. The molecule has 3 rings (SSSR count). The lowest BCUT2D eigenvalue weighted by atomic mass is 10.2. The van der Waals surface area contributed by atoms with Crippen molar-refractivity contribution in [3.05, 3.63) is 36.2 Å². The Kier molecular flexibility index (Phi) is 3.83. The smallest absolute Gasteiger partial charge is 0.102 e. The Balaban J connectivity index is 1.72. The van der Waals surface area contributed by atoms with Gasteiger partial charge in [0.15, 0.2) is 0 Å². The zero-order chi connectivity index (χ0) is 13.8. The molecule has 1 saturated heterocycles. The van der Waals surface area contributed by atoms with E-state index in [1.807, 2.05) is 19.3 Å². The number of hydrogen-bond donors (Lipinski definition) is 1. The second-order valence-electron chi connectivity index (χ2n) is 4.85. The predicted octanol–water partition coefficient (Wildman–Crippen LogP) is 1.26. The van der Waals surface area contributed by atoms with Gasteiger partial charge in [0.1, 0.15) is 5.69 Å². The lowest BCUT2D eigenvalue weighted by Gasteiger charge is -2.30. The summed E-state index contributed by atoms with van der Waals surface area (Å²) in [5.74, 6) is 0. The first kappa shape index (κ1) is 12.9. The van der Waals surface area contributed by atoms with Gasteiger partial charge in [-0.25, -0.2) is 0 Å². The van der Waals surface area contributed by atoms with E-state index in [0.29, 0.717) is 6.54 Å². The number of rotatable bonds is 4. The average molecular weight is 273 g/mol. The zero-order valence-electron chi connectivity index (χ0n) is 11.6. The lowest BCUT2D eigenvalue weighted by Crippen LogP contribution is -2.36. The summed E-state index contributed by atoms with van der Waals surface area (Å²) in [6.07, 6.45) is 1.92. The molecule has 0 atom stereocenters. The summed E-state index contributed by atoms with van der Waals surface area (Å²) in [6, 6.07) is 8.35. The lowest BCUT2D eigenvalue weighted by molar-refractivity contribution is 0.123. The van der Waals surface area contributed by atoms with E-state index in [9.17, 15) is 0 Å². The fourth-order valence-corrected chi connectivity index (χ4v) is 2.37. The fraction of sp³-hybridized carbons (Fsp3) is 0.429. The molecule has 1 aromatic carbocycles. The number of aromatic nitrogens is 3. The van der Waals surface area contributed by atoms with Crippen LogP contribution < -0.4 is 10.2 Å². The highest BCUT2D eigenvalue weighted by Gasteiger charge is 2.14. The van der Waals surface area contributed by atoms with Crippen LogP contribution in [0.15, 0.2) is 30.5 Å².